The molecule has 3 N–H and O–H groups in total. The zero-order chi connectivity index (χ0) is 15.3. The first-order valence-electron chi connectivity index (χ1n) is 6.65. The summed E-state index contributed by atoms with van der Waals surface area (Å²) in [6.07, 6.45) is 2.36. The highest BCUT2D eigenvalue weighted by atomic mass is 32.2. The van der Waals surface area contributed by atoms with Crippen molar-refractivity contribution in [1.29, 1.82) is 0 Å². The van der Waals surface area contributed by atoms with E-state index in [1.165, 1.54) is 6.20 Å². The Morgan fingerprint density at radius 2 is 2.05 bits per heavy atom. The van der Waals surface area contributed by atoms with E-state index in [1.807, 2.05) is 6.92 Å². The maximum Gasteiger partial charge on any atom is 0.240 e. The van der Waals surface area contributed by atoms with Crippen LogP contribution in [0.15, 0.2) is 41.4 Å². The third-order valence-corrected chi connectivity index (χ3v) is 4.56. The van der Waals surface area contributed by atoms with E-state index in [-0.39, 0.29) is 11.4 Å². The van der Waals surface area contributed by atoms with Gasteiger partial charge in [0.15, 0.2) is 0 Å². The van der Waals surface area contributed by atoms with Gasteiger partial charge in [-0.3, -0.25) is 0 Å². The highest BCUT2D eigenvalue weighted by molar-refractivity contribution is 7.89. The van der Waals surface area contributed by atoms with Crippen LogP contribution in [0.25, 0.3) is 0 Å². The van der Waals surface area contributed by atoms with Gasteiger partial charge in [0.25, 0.3) is 0 Å². The Morgan fingerprint density at radius 3 is 2.67 bits per heavy atom. The molecule has 0 unspecified atom stereocenters. The summed E-state index contributed by atoms with van der Waals surface area (Å²) < 4.78 is 27.1. The fourth-order valence-electron chi connectivity index (χ4n) is 1.98. The number of aromatic nitrogens is 2. The van der Waals surface area contributed by atoms with Crippen molar-refractivity contribution in [2.24, 2.45) is 5.73 Å². The average molecular weight is 306 g/mol. The first-order valence-corrected chi connectivity index (χ1v) is 8.13. The van der Waals surface area contributed by atoms with Gasteiger partial charge in [-0.2, -0.15) is 10.2 Å². The van der Waals surface area contributed by atoms with E-state index < -0.39 is 10.0 Å². The predicted molar refractivity (Wildman–Crippen MR) is 79.8 cm³/mol. The van der Waals surface area contributed by atoms with Crippen molar-refractivity contribution in [2.75, 3.05) is 0 Å². The summed E-state index contributed by atoms with van der Waals surface area (Å²) in [5, 5.41) is 7.55. The molecule has 2 rings (SSSR count). The van der Waals surface area contributed by atoms with Crippen LogP contribution in [-0.4, -0.2) is 18.6 Å². The topological polar surface area (TPSA) is 98.0 Å². The van der Waals surface area contributed by atoms with Crippen LogP contribution in [0.4, 0.5) is 0 Å². The lowest BCUT2D eigenvalue weighted by molar-refractivity contribution is 0.579. The third kappa shape index (κ3) is 3.84. The van der Waals surface area contributed by atoms with Crippen molar-refractivity contribution in [3.05, 3.63) is 53.3 Å². The molecular weight excluding hydrogens is 288 g/mol. The fourth-order valence-corrected chi connectivity index (χ4v) is 3.03. The van der Waals surface area contributed by atoms with Crippen LogP contribution in [0.3, 0.4) is 0 Å². The number of rotatable bonds is 6. The molecule has 0 spiro atoms. The third-order valence-electron chi connectivity index (χ3n) is 3.16. The van der Waals surface area contributed by atoms with Crippen LogP contribution in [0.1, 0.15) is 23.7 Å². The van der Waals surface area contributed by atoms with Crippen LogP contribution < -0.4 is 10.5 Å². The van der Waals surface area contributed by atoms with Crippen LogP contribution in [0.2, 0.25) is 0 Å². The molecule has 1 aromatic heterocycles. The molecule has 0 fully saturated rings. The Bertz CT molecular complexity index is 702. The summed E-state index contributed by atoms with van der Waals surface area (Å²) in [6, 6.07) is 8.44. The highest BCUT2D eigenvalue weighted by Crippen LogP contribution is 2.16. The van der Waals surface area contributed by atoms with E-state index in [0.29, 0.717) is 12.2 Å². The molecule has 112 valence electrons. The molecule has 7 heteroatoms. The van der Waals surface area contributed by atoms with E-state index in [1.54, 1.807) is 30.3 Å². The van der Waals surface area contributed by atoms with Gasteiger partial charge >= 0.3 is 0 Å². The van der Waals surface area contributed by atoms with Crippen molar-refractivity contribution in [1.82, 2.24) is 14.9 Å². The number of nitrogens with zero attached hydrogens (tertiary/aromatic N) is 2. The minimum absolute atomic E-state index is 0.101. The molecule has 1 aromatic carbocycles. The molecule has 0 atom stereocenters. The van der Waals surface area contributed by atoms with E-state index >= 15 is 0 Å². The summed E-state index contributed by atoms with van der Waals surface area (Å²) in [6.45, 7) is 2.43. The number of aryl methyl sites for hydroxylation is 1. The van der Waals surface area contributed by atoms with E-state index in [4.69, 9.17) is 5.73 Å². The van der Waals surface area contributed by atoms with Crippen molar-refractivity contribution in [3.8, 4) is 0 Å². The molecule has 2 aromatic rings. The summed E-state index contributed by atoms with van der Waals surface area (Å²) in [7, 11) is -3.59. The maximum absolute atomic E-state index is 12.3. The summed E-state index contributed by atoms with van der Waals surface area (Å²) in [5.41, 5.74) is 8.14. The molecule has 6 nitrogen and oxygen atoms in total. The first kappa shape index (κ1) is 15.6. The standard InChI is InChI=1S/C14H18N4O2S/c1-2-11-5-6-14(8-12(11)9-15)21(19,20)17-10-13-4-3-7-16-18-13/h3-8,17H,2,9-10,15H2,1H3. The molecule has 0 bridgehead atoms. The molecule has 0 aliphatic carbocycles. The molecule has 0 saturated carbocycles. The van der Waals surface area contributed by atoms with Gasteiger partial charge in [-0.05, 0) is 41.8 Å². The van der Waals surface area contributed by atoms with Crippen LogP contribution in [0, 0.1) is 0 Å². The smallest absolute Gasteiger partial charge is 0.240 e. The fraction of sp³-hybridized carbons (Fsp3) is 0.286. The number of hydrogen-bond acceptors (Lipinski definition) is 5. The monoisotopic (exact) mass is 306 g/mol. The van der Waals surface area contributed by atoms with Gasteiger partial charge < -0.3 is 5.73 Å². The van der Waals surface area contributed by atoms with Gasteiger partial charge in [-0.1, -0.05) is 13.0 Å². The van der Waals surface area contributed by atoms with Gasteiger partial charge in [-0.25, -0.2) is 13.1 Å². The Kier molecular flexibility index (Phi) is 5.00. The normalized spacial score (nSPS) is 11.5. The summed E-state index contributed by atoms with van der Waals surface area (Å²) >= 11 is 0. The van der Waals surface area contributed by atoms with Crippen LogP contribution in [-0.2, 0) is 29.5 Å². The lowest BCUT2D eigenvalue weighted by Gasteiger charge is -2.10. The van der Waals surface area contributed by atoms with Gasteiger partial charge in [-0.15, -0.1) is 0 Å². The second-order valence-corrected chi connectivity index (χ2v) is 6.29. The molecule has 0 saturated heterocycles. The minimum Gasteiger partial charge on any atom is -0.326 e. The molecule has 1 heterocycles. The van der Waals surface area contributed by atoms with E-state index in [0.717, 1.165) is 17.5 Å². The Hall–Kier alpha value is -1.83. The summed E-state index contributed by atoms with van der Waals surface area (Å²) in [5.74, 6) is 0. The quantitative estimate of drug-likeness (QED) is 0.829. The maximum atomic E-state index is 12.3. The number of nitrogens with two attached hydrogens (primary N) is 1. The van der Waals surface area contributed by atoms with Crippen molar-refractivity contribution in [2.45, 2.75) is 31.3 Å². The lowest BCUT2D eigenvalue weighted by atomic mass is 10.1. The molecule has 0 aliphatic rings. The van der Waals surface area contributed by atoms with Gasteiger partial charge in [0.2, 0.25) is 10.0 Å². The minimum atomic E-state index is -3.59. The highest BCUT2D eigenvalue weighted by Gasteiger charge is 2.15. The van der Waals surface area contributed by atoms with Gasteiger partial charge in [0.05, 0.1) is 17.1 Å². The number of benzene rings is 1. The van der Waals surface area contributed by atoms with Crippen LogP contribution >= 0.6 is 0 Å². The SMILES string of the molecule is CCc1ccc(S(=O)(=O)NCc2cccnn2)cc1CN. The predicted octanol–water partition coefficient (Wildman–Crippen LogP) is 0.976. The summed E-state index contributed by atoms with van der Waals surface area (Å²) in [4.78, 5) is 0.212. The number of hydrogen-bond donors (Lipinski definition) is 2. The van der Waals surface area contributed by atoms with E-state index in [9.17, 15) is 8.42 Å². The second-order valence-electron chi connectivity index (χ2n) is 4.53. The van der Waals surface area contributed by atoms with Crippen LogP contribution in [0.5, 0.6) is 0 Å². The number of nitrogens with one attached hydrogen (secondary N) is 1. The molecule has 0 aliphatic heterocycles. The molecule has 21 heavy (non-hydrogen) atoms. The average Bonchev–Trinajstić information content (AvgIpc) is 2.53. The first-order chi connectivity index (χ1) is 10.1. The van der Waals surface area contributed by atoms with Crippen molar-refractivity contribution < 1.29 is 8.42 Å². The van der Waals surface area contributed by atoms with Gasteiger partial charge in [0, 0.05) is 12.7 Å². The number of sulfonamides is 1. The Morgan fingerprint density at radius 1 is 1.24 bits per heavy atom. The molecule has 0 radical (unpaired) electrons. The largest absolute Gasteiger partial charge is 0.326 e. The van der Waals surface area contributed by atoms with Crippen molar-refractivity contribution in [3.63, 3.8) is 0 Å². The van der Waals surface area contributed by atoms with E-state index in [2.05, 4.69) is 14.9 Å². The zero-order valence-electron chi connectivity index (χ0n) is 11.8. The van der Waals surface area contributed by atoms with Crippen molar-refractivity contribution >= 4 is 10.0 Å². The second kappa shape index (κ2) is 6.75. The Balaban J connectivity index is 2.19. The Labute approximate surface area is 124 Å². The van der Waals surface area contributed by atoms with Gasteiger partial charge in [0.1, 0.15) is 0 Å². The molecular formula is C14H18N4O2S. The zero-order valence-corrected chi connectivity index (χ0v) is 12.6. The lowest BCUT2D eigenvalue weighted by Crippen LogP contribution is -2.24. The molecule has 0 amide bonds.